The van der Waals surface area contributed by atoms with Crippen molar-refractivity contribution in [2.45, 2.75) is 17.3 Å². The number of benzene rings is 3. The Hall–Kier alpha value is -3.65. The summed E-state index contributed by atoms with van der Waals surface area (Å²) in [4.78, 5) is 12.9. The zero-order valence-electron chi connectivity index (χ0n) is 17.1. The van der Waals surface area contributed by atoms with E-state index in [1.165, 1.54) is 11.8 Å². The van der Waals surface area contributed by atoms with Crippen LogP contribution in [0.5, 0.6) is 5.75 Å². The van der Waals surface area contributed by atoms with E-state index < -0.39 is 5.25 Å². The van der Waals surface area contributed by atoms with Crippen molar-refractivity contribution in [1.82, 2.24) is 20.2 Å². The number of rotatable bonds is 7. The van der Waals surface area contributed by atoms with Crippen molar-refractivity contribution in [2.75, 3.05) is 12.4 Å². The Morgan fingerprint density at radius 1 is 1.00 bits per heavy atom. The van der Waals surface area contributed by atoms with Gasteiger partial charge >= 0.3 is 0 Å². The number of tetrazole rings is 1. The molecule has 7 nitrogen and oxygen atoms in total. The molecule has 0 spiro atoms. The first kappa shape index (κ1) is 20.6. The average Bonchev–Trinajstić information content (AvgIpc) is 3.28. The Labute approximate surface area is 184 Å². The first-order valence-electron chi connectivity index (χ1n) is 9.70. The van der Waals surface area contributed by atoms with Gasteiger partial charge in [-0.25, -0.2) is 0 Å². The molecule has 0 aliphatic heterocycles. The predicted molar refractivity (Wildman–Crippen MR) is 122 cm³/mol. The van der Waals surface area contributed by atoms with Crippen LogP contribution in [0.1, 0.15) is 6.92 Å². The van der Waals surface area contributed by atoms with E-state index in [1.807, 2.05) is 85.8 Å². The number of methoxy groups -OCH3 is 1. The lowest BCUT2D eigenvalue weighted by molar-refractivity contribution is -0.115. The van der Waals surface area contributed by atoms with Gasteiger partial charge < -0.3 is 10.1 Å². The molecule has 4 rings (SSSR count). The molecule has 156 valence electrons. The first-order valence-corrected chi connectivity index (χ1v) is 10.6. The SMILES string of the molecule is COc1ccc(-n2nnnc2S[C@@H](C)C(=O)Nc2ccccc2-c2ccccc2)cc1. The Bertz CT molecular complexity index is 1160. The summed E-state index contributed by atoms with van der Waals surface area (Å²) < 4.78 is 6.79. The molecular formula is C23H21N5O2S. The van der Waals surface area contributed by atoms with Gasteiger partial charge in [0.2, 0.25) is 11.1 Å². The minimum Gasteiger partial charge on any atom is -0.497 e. The van der Waals surface area contributed by atoms with Gasteiger partial charge in [-0.2, -0.15) is 4.68 Å². The molecule has 0 saturated heterocycles. The van der Waals surface area contributed by atoms with E-state index in [-0.39, 0.29) is 5.91 Å². The number of nitrogens with zero attached hydrogens (tertiary/aromatic N) is 4. The van der Waals surface area contributed by atoms with Gasteiger partial charge in [-0.3, -0.25) is 4.79 Å². The predicted octanol–water partition coefficient (Wildman–Crippen LogP) is 4.46. The average molecular weight is 432 g/mol. The topological polar surface area (TPSA) is 81.9 Å². The summed E-state index contributed by atoms with van der Waals surface area (Å²) in [6.45, 7) is 1.83. The van der Waals surface area contributed by atoms with Crippen LogP contribution in [-0.4, -0.2) is 38.5 Å². The molecule has 0 unspecified atom stereocenters. The molecule has 0 radical (unpaired) electrons. The third-order valence-electron chi connectivity index (χ3n) is 4.68. The molecule has 4 aromatic rings. The van der Waals surface area contributed by atoms with Crippen LogP contribution in [0.2, 0.25) is 0 Å². The highest BCUT2D eigenvalue weighted by atomic mass is 32.2. The van der Waals surface area contributed by atoms with Crippen LogP contribution in [0.15, 0.2) is 84.0 Å². The number of anilines is 1. The lowest BCUT2D eigenvalue weighted by Crippen LogP contribution is -2.23. The minimum absolute atomic E-state index is 0.127. The lowest BCUT2D eigenvalue weighted by atomic mass is 10.0. The third-order valence-corrected chi connectivity index (χ3v) is 5.71. The summed E-state index contributed by atoms with van der Waals surface area (Å²) in [6.07, 6.45) is 0. The van der Waals surface area contributed by atoms with E-state index in [0.717, 1.165) is 28.3 Å². The number of amides is 1. The molecule has 0 bridgehead atoms. The molecule has 31 heavy (non-hydrogen) atoms. The van der Waals surface area contributed by atoms with E-state index in [9.17, 15) is 4.79 Å². The molecule has 1 amide bonds. The minimum atomic E-state index is -0.410. The van der Waals surface area contributed by atoms with Gasteiger partial charge in [-0.05, 0) is 53.2 Å². The molecule has 0 aliphatic rings. The maximum atomic E-state index is 12.9. The number of hydrogen-bond donors (Lipinski definition) is 1. The van der Waals surface area contributed by atoms with Gasteiger partial charge in [0.05, 0.1) is 18.0 Å². The standard InChI is InChI=1S/C23H21N5O2S/c1-16(31-23-25-26-27-28(23)18-12-14-19(30-2)15-13-18)22(29)24-21-11-7-6-10-20(21)17-8-4-3-5-9-17/h3-16H,1-2H3,(H,24,29)/t16-/m0/s1. The normalized spacial score (nSPS) is 11.7. The van der Waals surface area contributed by atoms with Crippen LogP contribution >= 0.6 is 11.8 Å². The van der Waals surface area contributed by atoms with Gasteiger partial charge in [0.25, 0.3) is 0 Å². The van der Waals surface area contributed by atoms with Crippen molar-refractivity contribution in [3.05, 3.63) is 78.9 Å². The van der Waals surface area contributed by atoms with Gasteiger partial charge in [0, 0.05) is 11.3 Å². The highest BCUT2D eigenvalue weighted by Gasteiger charge is 2.20. The van der Waals surface area contributed by atoms with Gasteiger partial charge in [0.15, 0.2) is 0 Å². The maximum absolute atomic E-state index is 12.9. The van der Waals surface area contributed by atoms with Gasteiger partial charge in [0.1, 0.15) is 5.75 Å². The highest BCUT2D eigenvalue weighted by molar-refractivity contribution is 8.00. The van der Waals surface area contributed by atoms with Crippen LogP contribution in [-0.2, 0) is 4.79 Å². The first-order chi connectivity index (χ1) is 15.2. The summed E-state index contributed by atoms with van der Waals surface area (Å²) in [5.74, 6) is 0.619. The van der Waals surface area contributed by atoms with E-state index in [0.29, 0.717) is 5.16 Å². The molecule has 0 fully saturated rings. The van der Waals surface area contributed by atoms with E-state index in [1.54, 1.807) is 11.8 Å². The van der Waals surface area contributed by atoms with Crippen LogP contribution < -0.4 is 10.1 Å². The molecular weight excluding hydrogens is 410 g/mol. The van der Waals surface area contributed by atoms with Crippen LogP contribution in [0.3, 0.4) is 0 Å². The van der Waals surface area contributed by atoms with Gasteiger partial charge in [-0.1, -0.05) is 60.3 Å². The number of carbonyl (C=O) groups is 1. The fraction of sp³-hybridized carbons (Fsp3) is 0.130. The van der Waals surface area contributed by atoms with Crippen molar-refractivity contribution in [2.24, 2.45) is 0 Å². The fourth-order valence-corrected chi connectivity index (χ4v) is 3.85. The van der Waals surface area contributed by atoms with Crippen molar-refractivity contribution >= 4 is 23.4 Å². The summed E-state index contributed by atoms with van der Waals surface area (Å²) >= 11 is 1.29. The number of nitrogens with one attached hydrogen (secondary N) is 1. The zero-order valence-corrected chi connectivity index (χ0v) is 17.9. The van der Waals surface area contributed by atoms with Crippen LogP contribution in [0.4, 0.5) is 5.69 Å². The Kier molecular flexibility index (Phi) is 6.28. The monoisotopic (exact) mass is 431 g/mol. The fourth-order valence-electron chi connectivity index (χ4n) is 3.05. The Morgan fingerprint density at radius 3 is 2.45 bits per heavy atom. The van der Waals surface area contributed by atoms with Crippen LogP contribution in [0, 0.1) is 0 Å². The molecule has 0 saturated carbocycles. The zero-order chi connectivity index (χ0) is 21.6. The second-order valence-electron chi connectivity index (χ2n) is 6.73. The smallest absolute Gasteiger partial charge is 0.237 e. The van der Waals surface area contributed by atoms with Crippen LogP contribution in [0.25, 0.3) is 16.8 Å². The highest BCUT2D eigenvalue weighted by Crippen LogP contribution is 2.29. The number of thioether (sulfide) groups is 1. The van der Waals surface area contributed by atoms with Crippen molar-refractivity contribution in [3.63, 3.8) is 0 Å². The quantitative estimate of drug-likeness (QED) is 0.435. The molecule has 0 aliphatic carbocycles. The molecule has 1 atom stereocenters. The molecule has 8 heteroatoms. The number of carbonyl (C=O) groups excluding carboxylic acids is 1. The van der Waals surface area contributed by atoms with Crippen molar-refractivity contribution < 1.29 is 9.53 Å². The second-order valence-corrected chi connectivity index (χ2v) is 8.04. The Morgan fingerprint density at radius 2 is 1.71 bits per heavy atom. The number of aromatic nitrogens is 4. The number of hydrogen-bond acceptors (Lipinski definition) is 6. The summed E-state index contributed by atoms with van der Waals surface area (Å²) in [7, 11) is 1.61. The molecule has 1 aromatic heterocycles. The van der Waals surface area contributed by atoms with E-state index >= 15 is 0 Å². The summed E-state index contributed by atoms with van der Waals surface area (Å²) in [6, 6.07) is 25.1. The number of para-hydroxylation sites is 1. The molecule has 1 heterocycles. The molecule has 3 aromatic carbocycles. The van der Waals surface area contributed by atoms with Crippen molar-refractivity contribution in [3.8, 4) is 22.6 Å². The number of ether oxygens (including phenoxy) is 1. The van der Waals surface area contributed by atoms with Crippen molar-refractivity contribution in [1.29, 1.82) is 0 Å². The largest absolute Gasteiger partial charge is 0.497 e. The van der Waals surface area contributed by atoms with Gasteiger partial charge in [-0.15, -0.1) is 5.10 Å². The lowest BCUT2D eigenvalue weighted by Gasteiger charge is -2.15. The third kappa shape index (κ3) is 4.75. The second kappa shape index (κ2) is 9.44. The van der Waals surface area contributed by atoms with E-state index in [4.69, 9.17) is 4.74 Å². The maximum Gasteiger partial charge on any atom is 0.237 e. The Balaban J connectivity index is 1.49. The summed E-state index contributed by atoms with van der Waals surface area (Å²) in [5.41, 5.74) is 3.56. The van der Waals surface area contributed by atoms with E-state index in [2.05, 4.69) is 20.8 Å². The molecule has 1 N–H and O–H groups in total. The summed E-state index contributed by atoms with van der Waals surface area (Å²) in [5, 5.41) is 15.1.